The van der Waals surface area contributed by atoms with E-state index in [0.29, 0.717) is 0 Å². The van der Waals surface area contributed by atoms with Gasteiger partial charge in [0.05, 0.1) is 11.4 Å². The van der Waals surface area contributed by atoms with Gasteiger partial charge < -0.3 is 4.90 Å². The number of rotatable bonds is 8. The van der Waals surface area contributed by atoms with E-state index in [1.165, 1.54) is 75.8 Å². The summed E-state index contributed by atoms with van der Waals surface area (Å²) in [4.78, 5) is 2.47. The van der Waals surface area contributed by atoms with Crippen molar-refractivity contribution >= 4 is 48.6 Å². The van der Waals surface area contributed by atoms with E-state index in [2.05, 4.69) is 229 Å². The fourth-order valence-electron chi connectivity index (χ4n) is 8.10. The minimum Gasteiger partial charge on any atom is -0.309 e. The van der Waals surface area contributed by atoms with Gasteiger partial charge in [0, 0.05) is 31.4 Å². The van der Waals surface area contributed by atoms with Crippen LogP contribution in [0, 0.1) is 0 Å². The lowest BCUT2D eigenvalue weighted by Gasteiger charge is -2.29. The second-order valence-electron chi connectivity index (χ2n) is 14.1. The van der Waals surface area contributed by atoms with Crippen molar-refractivity contribution in [3.63, 3.8) is 0 Å². The zero-order chi connectivity index (χ0) is 37.3. The van der Waals surface area contributed by atoms with Crippen LogP contribution >= 0.6 is 11.3 Å². The molecule has 0 aliphatic heterocycles. The normalized spacial score (nSPS) is 11.2. The molecule has 1 heterocycles. The molecule has 0 aliphatic carbocycles. The maximum Gasteiger partial charge on any atom is 0.0555 e. The SMILES string of the molecule is c1ccc(-c2cccc(-c3ccc(N(c4ccccc4-c4ccccc4-c4ccccc4-c4ccccc4)c4cccc5sc6ccccc6c45)cc3)c2)cc1. The van der Waals surface area contributed by atoms with Gasteiger partial charge in [0.1, 0.15) is 0 Å². The molecular formula is C54H37NS. The number of thiophene rings is 1. The van der Waals surface area contributed by atoms with Gasteiger partial charge >= 0.3 is 0 Å². The van der Waals surface area contributed by atoms with E-state index in [1.807, 2.05) is 11.3 Å². The summed E-state index contributed by atoms with van der Waals surface area (Å²) >= 11 is 1.86. The Morgan fingerprint density at radius 2 is 0.750 bits per heavy atom. The van der Waals surface area contributed by atoms with Gasteiger partial charge in [-0.1, -0.05) is 182 Å². The van der Waals surface area contributed by atoms with E-state index in [4.69, 9.17) is 0 Å². The van der Waals surface area contributed by atoms with Crippen LogP contribution in [0.25, 0.3) is 75.8 Å². The number of benzene rings is 9. The lowest BCUT2D eigenvalue weighted by molar-refractivity contribution is 1.30. The quantitative estimate of drug-likeness (QED) is 0.150. The van der Waals surface area contributed by atoms with Crippen LogP contribution in [0.2, 0.25) is 0 Å². The van der Waals surface area contributed by atoms with Crippen molar-refractivity contribution in [3.8, 4) is 55.6 Å². The molecule has 1 nitrogen and oxygen atoms in total. The summed E-state index contributed by atoms with van der Waals surface area (Å²) < 4.78 is 2.57. The fourth-order valence-corrected chi connectivity index (χ4v) is 9.23. The lowest BCUT2D eigenvalue weighted by atomic mass is 9.88. The van der Waals surface area contributed by atoms with Crippen LogP contribution in [0.3, 0.4) is 0 Å². The maximum atomic E-state index is 2.47. The largest absolute Gasteiger partial charge is 0.309 e. The highest BCUT2D eigenvalue weighted by atomic mass is 32.1. The third-order valence-corrected chi connectivity index (χ3v) is 11.9. The Bertz CT molecular complexity index is 2960. The molecule has 264 valence electrons. The van der Waals surface area contributed by atoms with Gasteiger partial charge in [0.25, 0.3) is 0 Å². The fraction of sp³-hybridized carbons (Fsp3) is 0. The van der Waals surface area contributed by atoms with Crippen LogP contribution in [0.4, 0.5) is 17.1 Å². The second kappa shape index (κ2) is 14.7. The van der Waals surface area contributed by atoms with E-state index in [1.54, 1.807) is 0 Å². The minimum atomic E-state index is 1.10. The highest BCUT2D eigenvalue weighted by Gasteiger charge is 2.23. The van der Waals surface area contributed by atoms with Crippen molar-refractivity contribution in [1.82, 2.24) is 0 Å². The standard InChI is InChI=1S/C54H37NS/c1-3-17-38(18-4-1)41-21-15-22-42(37-41)39-33-35-43(36-34-39)55(51-30-16-32-53-54(51)49-28-12-14-31-52(49)56-53)50-29-13-11-27-48(50)47-26-10-9-25-46(47)45-24-8-7-23-44(45)40-19-5-2-6-20-40/h1-37H. The molecule has 0 aliphatic rings. The molecule has 0 atom stereocenters. The zero-order valence-electron chi connectivity index (χ0n) is 30.7. The Morgan fingerprint density at radius 1 is 0.286 bits per heavy atom. The van der Waals surface area contributed by atoms with Gasteiger partial charge in [-0.3, -0.25) is 0 Å². The molecule has 0 saturated heterocycles. The van der Waals surface area contributed by atoms with Crippen LogP contribution in [0.1, 0.15) is 0 Å². The van der Waals surface area contributed by atoms with Gasteiger partial charge in [-0.15, -0.1) is 11.3 Å². The van der Waals surface area contributed by atoms with E-state index < -0.39 is 0 Å². The van der Waals surface area contributed by atoms with E-state index >= 15 is 0 Å². The summed E-state index contributed by atoms with van der Waals surface area (Å²) in [6.45, 7) is 0. The number of para-hydroxylation sites is 1. The molecule has 0 saturated carbocycles. The first kappa shape index (κ1) is 33.6. The van der Waals surface area contributed by atoms with Crippen LogP contribution in [0.5, 0.6) is 0 Å². The number of anilines is 3. The van der Waals surface area contributed by atoms with E-state index in [0.717, 1.165) is 17.1 Å². The molecule has 0 amide bonds. The summed E-state index contributed by atoms with van der Waals surface area (Å²) in [6, 6.07) is 81.3. The van der Waals surface area contributed by atoms with Crippen LogP contribution in [-0.4, -0.2) is 0 Å². The average Bonchev–Trinajstić information content (AvgIpc) is 3.67. The molecule has 10 aromatic rings. The Morgan fingerprint density at radius 3 is 1.46 bits per heavy atom. The zero-order valence-corrected chi connectivity index (χ0v) is 31.5. The second-order valence-corrected chi connectivity index (χ2v) is 15.1. The average molecular weight is 732 g/mol. The minimum absolute atomic E-state index is 1.10. The number of nitrogens with zero attached hydrogens (tertiary/aromatic N) is 1. The molecule has 2 heteroatoms. The first-order valence-corrected chi connectivity index (χ1v) is 19.9. The van der Waals surface area contributed by atoms with Crippen molar-refractivity contribution in [2.75, 3.05) is 4.90 Å². The third-order valence-electron chi connectivity index (χ3n) is 10.7. The first-order valence-electron chi connectivity index (χ1n) is 19.1. The van der Waals surface area contributed by atoms with Crippen molar-refractivity contribution in [3.05, 3.63) is 224 Å². The third kappa shape index (κ3) is 6.17. The van der Waals surface area contributed by atoms with Crippen LogP contribution in [0.15, 0.2) is 224 Å². The summed E-state index contributed by atoms with van der Waals surface area (Å²) in [6.07, 6.45) is 0. The molecule has 0 N–H and O–H groups in total. The van der Waals surface area contributed by atoms with Crippen LogP contribution < -0.4 is 4.90 Å². The van der Waals surface area contributed by atoms with Crippen molar-refractivity contribution < 1.29 is 0 Å². The topological polar surface area (TPSA) is 3.24 Å². The summed E-state index contributed by atoms with van der Waals surface area (Å²) in [5.74, 6) is 0. The maximum absolute atomic E-state index is 2.47. The van der Waals surface area contributed by atoms with E-state index in [-0.39, 0.29) is 0 Å². The van der Waals surface area contributed by atoms with Crippen LogP contribution in [-0.2, 0) is 0 Å². The highest BCUT2D eigenvalue weighted by molar-refractivity contribution is 7.26. The molecule has 1 aromatic heterocycles. The Labute approximate surface area is 332 Å². The lowest BCUT2D eigenvalue weighted by Crippen LogP contribution is -2.11. The molecule has 0 radical (unpaired) electrons. The van der Waals surface area contributed by atoms with Gasteiger partial charge in [0.15, 0.2) is 0 Å². The highest BCUT2D eigenvalue weighted by Crippen LogP contribution is 2.49. The molecular weight excluding hydrogens is 695 g/mol. The molecule has 10 rings (SSSR count). The molecule has 0 bridgehead atoms. The molecule has 56 heavy (non-hydrogen) atoms. The summed E-state index contributed by atoms with van der Waals surface area (Å²) in [5, 5.41) is 2.54. The molecule has 0 fully saturated rings. The summed E-state index contributed by atoms with van der Waals surface area (Å²) in [5.41, 5.74) is 15.4. The van der Waals surface area contributed by atoms with Crippen molar-refractivity contribution in [2.24, 2.45) is 0 Å². The first-order chi connectivity index (χ1) is 27.8. The van der Waals surface area contributed by atoms with Gasteiger partial charge in [0.2, 0.25) is 0 Å². The smallest absolute Gasteiger partial charge is 0.0555 e. The monoisotopic (exact) mass is 731 g/mol. The predicted molar refractivity (Wildman–Crippen MR) is 241 cm³/mol. The van der Waals surface area contributed by atoms with E-state index in [9.17, 15) is 0 Å². The van der Waals surface area contributed by atoms with Crippen molar-refractivity contribution in [2.45, 2.75) is 0 Å². The number of fused-ring (bicyclic) bond motifs is 3. The Kier molecular flexibility index (Phi) is 8.79. The van der Waals surface area contributed by atoms with Gasteiger partial charge in [-0.2, -0.15) is 0 Å². The van der Waals surface area contributed by atoms with Crippen molar-refractivity contribution in [1.29, 1.82) is 0 Å². The van der Waals surface area contributed by atoms with Gasteiger partial charge in [-0.05, 0) is 92.5 Å². The molecule has 9 aromatic carbocycles. The number of hydrogen-bond donors (Lipinski definition) is 0. The molecule has 0 spiro atoms. The Balaban J connectivity index is 1.16. The predicted octanol–water partition coefficient (Wildman–Crippen LogP) is 15.9. The summed E-state index contributed by atoms with van der Waals surface area (Å²) in [7, 11) is 0. The number of hydrogen-bond acceptors (Lipinski definition) is 2. The Hall–Kier alpha value is -7.00. The molecule has 0 unspecified atom stereocenters. The van der Waals surface area contributed by atoms with Gasteiger partial charge in [-0.25, -0.2) is 0 Å².